The van der Waals surface area contributed by atoms with Crippen LogP contribution in [-0.4, -0.2) is 40.6 Å². The number of carbonyl (C=O) groups excluding carboxylic acids is 1. The van der Waals surface area contributed by atoms with Gasteiger partial charge in [0.15, 0.2) is 0 Å². The van der Waals surface area contributed by atoms with Gasteiger partial charge in [0, 0.05) is 11.6 Å². The second-order valence-electron chi connectivity index (χ2n) is 5.48. The van der Waals surface area contributed by atoms with Gasteiger partial charge in [0.2, 0.25) is 0 Å². The van der Waals surface area contributed by atoms with Crippen LogP contribution in [0.5, 0.6) is 0 Å². The minimum Gasteiger partial charge on any atom is -0.480 e. The van der Waals surface area contributed by atoms with Crippen LogP contribution in [0.3, 0.4) is 0 Å². The maximum Gasteiger partial charge on any atom is 0.323 e. The molecular formula is C16H23NO4. The Morgan fingerprint density at radius 1 is 1.14 bits per heavy atom. The molecule has 1 amide bonds. The van der Waals surface area contributed by atoms with Gasteiger partial charge in [-0.15, -0.1) is 0 Å². The van der Waals surface area contributed by atoms with Crippen molar-refractivity contribution in [2.75, 3.05) is 6.54 Å². The number of nitrogens with zero attached hydrogens (tertiary/aromatic N) is 1. The Bertz CT molecular complexity index is 480. The van der Waals surface area contributed by atoms with E-state index in [1.54, 1.807) is 26.0 Å². The summed E-state index contributed by atoms with van der Waals surface area (Å²) in [6.07, 6.45) is 0.151. The molecule has 21 heavy (non-hydrogen) atoms. The first-order valence-corrected chi connectivity index (χ1v) is 7.04. The van der Waals surface area contributed by atoms with Crippen LogP contribution < -0.4 is 0 Å². The van der Waals surface area contributed by atoms with Gasteiger partial charge < -0.3 is 14.7 Å². The van der Waals surface area contributed by atoms with Crippen LogP contribution in [0, 0.1) is 0 Å². The summed E-state index contributed by atoms with van der Waals surface area (Å²) in [6, 6.07) is 6.90. The molecule has 0 saturated carbocycles. The number of benzene rings is 1. The number of carbonyl (C=O) groups is 2. The summed E-state index contributed by atoms with van der Waals surface area (Å²) in [5.74, 6) is -1.29. The largest absolute Gasteiger partial charge is 0.480 e. The normalized spacial score (nSPS) is 11.0. The molecule has 0 aliphatic rings. The monoisotopic (exact) mass is 293 g/mol. The molecule has 0 saturated heterocycles. The van der Waals surface area contributed by atoms with E-state index in [0.717, 1.165) is 5.56 Å². The number of rotatable bonds is 7. The minimum atomic E-state index is -1.01. The fraction of sp³-hybridized carbons (Fsp3) is 0.500. The van der Waals surface area contributed by atoms with Crippen molar-refractivity contribution < 1.29 is 19.4 Å². The zero-order valence-electron chi connectivity index (χ0n) is 13.0. The van der Waals surface area contributed by atoms with Crippen molar-refractivity contribution >= 4 is 11.9 Å². The van der Waals surface area contributed by atoms with Gasteiger partial charge in [-0.1, -0.05) is 12.1 Å². The molecule has 0 aliphatic heterocycles. The highest BCUT2D eigenvalue weighted by molar-refractivity contribution is 5.96. The van der Waals surface area contributed by atoms with Gasteiger partial charge in [-0.05, 0) is 45.4 Å². The number of hydrogen-bond acceptors (Lipinski definition) is 3. The van der Waals surface area contributed by atoms with Crippen LogP contribution in [-0.2, 0) is 16.1 Å². The minimum absolute atomic E-state index is 0.151. The van der Waals surface area contributed by atoms with E-state index in [1.807, 2.05) is 26.0 Å². The Balaban J connectivity index is 2.79. The molecular weight excluding hydrogens is 270 g/mol. The Labute approximate surface area is 125 Å². The molecule has 0 bridgehead atoms. The van der Waals surface area contributed by atoms with E-state index >= 15 is 0 Å². The summed E-state index contributed by atoms with van der Waals surface area (Å²) in [4.78, 5) is 24.5. The van der Waals surface area contributed by atoms with E-state index in [4.69, 9.17) is 9.84 Å². The van der Waals surface area contributed by atoms with Gasteiger partial charge in [-0.2, -0.15) is 0 Å². The Hall–Kier alpha value is -1.88. The highest BCUT2D eigenvalue weighted by Crippen LogP contribution is 2.11. The Morgan fingerprint density at radius 3 is 2.14 bits per heavy atom. The maximum absolute atomic E-state index is 12.3. The number of carboxylic acids is 1. The van der Waals surface area contributed by atoms with E-state index in [1.165, 1.54) is 4.90 Å². The van der Waals surface area contributed by atoms with Crippen molar-refractivity contribution in [1.29, 1.82) is 0 Å². The molecule has 0 aliphatic carbocycles. The lowest BCUT2D eigenvalue weighted by Crippen LogP contribution is -2.40. The molecule has 0 unspecified atom stereocenters. The molecule has 0 radical (unpaired) electrons. The molecule has 1 N–H and O–H groups in total. The lowest BCUT2D eigenvalue weighted by molar-refractivity contribution is -0.138. The quantitative estimate of drug-likeness (QED) is 0.839. The molecule has 116 valence electrons. The molecule has 5 heteroatoms. The van der Waals surface area contributed by atoms with Crippen LogP contribution >= 0.6 is 0 Å². The molecule has 0 atom stereocenters. The molecule has 1 aromatic carbocycles. The van der Waals surface area contributed by atoms with Crippen LogP contribution in [0.25, 0.3) is 0 Å². The van der Waals surface area contributed by atoms with Crippen LogP contribution in [0.1, 0.15) is 43.6 Å². The molecule has 0 fully saturated rings. The Kier molecular flexibility index (Phi) is 6.37. The van der Waals surface area contributed by atoms with E-state index < -0.39 is 5.97 Å². The molecule has 5 nitrogen and oxygen atoms in total. The van der Waals surface area contributed by atoms with Gasteiger partial charge in [-0.3, -0.25) is 9.59 Å². The van der Waals surface area contributed by atoms with Gasteiger partial charge in [-0.25, -0.2) is 0 Å². The number of amides is 1. The first-order valence-electron chi connectivity index (χ1n) is 7.04. The fourth-order valence-electron chi connectivity index (χ4n) is 1.81. The third kappa shape index (κ3) is 5.55. The van der Waals surface area contributed by atoms with Crippen LogP contribution in [0.2, 0.25) is 0 Å². The highest BCUT2D eigenvalue weighted by atomic mass is 16.5. The van der Waals surface area contributed by atoms with Crippen molar-refractivity contribution in [1.82, 2.24) is 4.90 Å². The average Bonchev–Trinajstić information content (AvgIpc) is 2.42. The van der Waals surface area contributed by atoms with Crippen LogP contribution in [0.4, 0.5) is 0 Å². The van der Waals surface area contributed by atoms with Crippen molar-refractivity contribution in [3.05, 3.63) is 35.4 Å². The lowest BCUT2D eigenvalue weighted by Gasteiger charge is -2.25. The first-order chi connectivity index (χ1) is 9.81. The number of hydrogen-bond donors (Lipinski definition) is 1. The topological polar surface area (TPSA) is 66.8 Å². The zero-order valence-corrected chi connectivity index (χ0v) is 13.0. The molecule has 1 rings (SSSR count). The summed E-state index contributed by atoms with van der Waals surface area (Å²) in [6.45, 7) is 7.72. The molecule has 0 spiro atoms. The van der Waals surface area contributed by atoms with Crippen molar-refractivity contribution in [2.45, 2.75) is 46.4 Å². The van der Waals surface area contributed by atoms with E-state index in [9.17, 15) is 9.59 Å². The van der Waals surface area contributed by atoms with E-state index in [2.05, 4.69) is 0 Å². The number of ether oxygens (including phenoxy) is 1. The molecule has 0 heterocycles. The number of carboxylic acid groups (broad SMARTS) is 1. The first kappa shape index (κ1) is 17.2. The highest BCUT2D eigenvalue weighted by Gasteiger charge is 2.21. The van der Waals surface area contributed by atoms with Gasteiger partial charge >= 0.3 is 5.97 Å². The second-order valence-corrected chi connectivity index (χ2v) is 5.48. The zero-order chi connectivity index (χ0) is 16.0. The second kappa shape index (κ2) is 7.78. The number of aliphatic carboxylic acids is 1. The summed E-state index contributed by atoms with van der Waals surface area (Å²) in [5, 5.41) is 8.88. The summed E-state index contributed by atoms with van der Waals surface area (Å²) < 4.78 is 5.49. The summed E-state index contributed by atoms with van der Waals surface area (Å²) >= 11 is 0. The predicted octanol–water partition coefficient (Wildman–Crippen LogP) is 2.55. The average molecular weight is 293 g/mol. The van der Waals surface area contributed by atoms with E-state index in [0.29, 0.717) is 12.2 Å². The SMILES string of the molecule is CC(C)OCc1ccc(C(=O)N(CC(=O)O)C(C)C)cc1. The van der Waals surface area contributed by atoms with Gasteiger partial charge in [0.25, 0.3) is 5.91 Å². The predicted molar refractivity (Wildman–Crippen MR) is 80.2 cm³/mol. The van der Waals surface area contributed by atoms with E-state index in [-0.39, 0.29) is 24.6 Å². The van der Waals surface area contributed by atoms with Crippen molar-refractivity contribution in [3.8, 4) is 0 Å². The fourth-order valence-corrected chi connectivity index (χ4v) is 1.81. The summed E-state index contributed by atoms with van der Waals surface area (Å²) in [5.41, 5.74) is 1.47. The van der Waals surface area contributed by atoms with Gasteiger partial charge in [0.1, 0.15) is 6.54 Å². The third-order valence-corrected chi connectivity index (χ3v) is 2.97. The van der Waals surface area contributed by atoms with Crippen molar-refractivity contribution in [2.24, 2.45) is 0 Å². The lowest BCUT2D eigenvalue weighted by atomic mass is 10.1. The van der Waals surface area contributed by atoms with Crippen LogP contribution in [0.15, 0.2) is 24.3 Å². The smallest absolute Gasteiger partial charge is 0.323 e. The Morgan fingerprint density at radius 2 is 1.71 bits per heavy atom. The molecule has 0 aromatic heterocycles. The van der Waals surface area contributed by atoms with Crippen molar-refractivity contribution in [3.63, 3.8) is 0 Å². The summed E-state index contributed by atoms with van der Waals surface area (Å²) in [7, 11) is 0. The maximum atomic E-state index is 12.3. The molecule has 1 aromatic rings. The third-order valence-electron chi connectivity index (χ3n) is 2.97. The van der Waals surface area contributed by atoms with Gasteiger partial charge in [0.05, 0.1) is 12.7 Å². The standard InChI is InChI=1S/C16H23NO4/c1-11(2)17(9-15(18)19)16(20)14-7-5-13(6-8-14)10-21-12(3)4/h5-8,11-12H,9-10H2,1-4H3,(H,18,19).